The Hall–Kier alpha value is -3.25. The quantitative estimate of drug-likeness (QED) is 0.660. The van der Waals surface area contributed by atoms with Crippen LogP contribution in [0.5, 0.6) is 0 Å². The molecule has 2 amide bonds. The minimum atomic E-state index is -0.399. The van der Waals surface area contributed by atoms with Gasteiger partial charge in [-0.3, -0.25) is 14.9 Å². The van der Waals surface area contributed by atoms with E-state index in [4.69, 9.17) is 14.7 Å². The predicted octanol–water partition coefficient (Wildman–Crippen LogP) is 0.754. The second-order valence-corrected chi connectivity index (χ2v) is 8.44. The van der Waals surface area contributed by atoms with Crippen LogP contribution in [0.1, 0.15) is 5.69 Å². The number of morpholine rings is 1. The van der Waals surface area contributed by atoms with Crippen molar-refractivity contribution in [3.05, 3.63) is 35.1 Å². The average Bonchev–Trinajstić information content (AvgIpc) is 3.16. The fraction of sp³-hybridized carbons (Fsp3) is 0.400. The highest BCUT2D eigenvalue weighted by molar-refractivity contribution is 8.18. The SMILES string of the molecule is O=C1NC(=O)/C(=C/c2cc(N3CCOCC3)nc(N3CCN(c4ncccn4)CC3)n2)S1. The van der Waals surface area contributed by atoms with E-state index in [1.54, 1.807) is 24.5 Å². The minimum Gasteiger partial charge on any atom is -0.378 e. The number of piperazine rings is 1. The number of ether oxygens (including phenoxy) is 1. The van der Waals surface area contributed by atoms with Crippen molar-refractivity contribution in [3.8, 4) is 0 Å². The molecule has 166 valence electrons. The zero-order chi connectivity index (χ0) is 21.9. The van der Waals surface area contributed by atoms with E-state index < -0.39 is 5.91 Å². The molecular formula is C20H22N8O3S. The lowest BCUT2D eigenvalue weighted by molar-refractivity contribution is -0.115. The van der Waals surface area contributed by atoms with Crippen LogP contribution in [-0.2, 0) is 9.53 Å². The van der Waals surface area contributed by atoms with Gasteiger partial charge in [0.1, 0.15) is 5.82 Å². The van der Waals surface area contributed by atoms with Crippen LogP contribution in [0.2, 0.25) is 0 Å². The van der Waals surface area contributed by atoms with Crippen molar-refractivity contribution >= 4 is 46.7 Å². The summed E-state index contributed by atoms with van der Waals surface area (Å²) in [6, 6.07) is 3.66. The standard InChI is InChI=1S/C20H22N8O3S/c29-17-15(32-20(30)25-17)12-14-13-16(26-8-10-31-11-9-26)24-19(23-14)28-6-4-27(5-7-28)18-21-2-1-3-22-18/h1-3,12-13H,4-11H2,(H,25,29,30)/b15-12-. The third-order valence-electron chi connectivity index (χ3n) is 5.37. The number of nitrogens with one attached hydrogen (secondary N) is 1. The Morgan fingerprint density at radius 2 is 1.59 bits per heavy atom. The number of nitrogens with zero attached hydrogens (tertiary/aromatic N) is 7. The average molecular weight is 455 g/mol. The molecule has 3 saturated heterocycles. The molecule has 0 aliphatic carbocycles. The van der Waals surface area contributed by atoms with Crippen molar-refractivity contribution in [2.24, 2.45) is 0 Å². The Kier molecular flexibility index (Phi) is 5.86. The van der Waals surface area contributed by atoms with E-state index in [2.05, 4.69) is 30.0 Å². The van der Waals surface area contributed by atoms with E-state index in [9.17, 15) is 9.59 Å². The van der Waals surface area contributed by atoms with Gasteiger partial charge in [-0.05, 0) is 23.9 Å². The lowest BCUT2D eigenvalue weighted by Crippen LogP contribution is -2.48. The Morgan fingerprint density at radius 1 is 0.906 bits per heavy atom. The third-order valence-corrected chi connectivity index (χ3v) is 6.18. The Morgan fingerprint density at radius 3 is 2.25 bits per heavy atom. The summed E-state index contributed by atoms with van der Waals surface area (Å²) in [5.41, 5.74) is 0.595. The van der Waals surface area contributed by atoms with Gasteiger partial charge in [-0.15, -0.1) is 0 Å². The molecule has 0 aromatic carbocycles. The predicted molar refractivity (Wildman–Crippen MR) is 121 cm³/mol. The van der Waals surface area contributed by atoms with Gasteiger partial charge in [-0.2, -0.15) is 4.98 Å². The lowest BCUT2D eigenvalue weighted by Gasteiger charge is -2.35. The van der Waals surface area contributed by atoms with E-state index in [1.807, 2.05) is 6.07 Å². The van der Waals surface area contributed by atoms with Gasteiger partial charge in [0.15, 0.2) is 0 Å². The molecule has 3 fully saturated rings. The van der Waals surface area contributed by atoms with Crippen molar-refractivity contribution in [1.82, 2.24) is 25.3 Å². The van der Waals surface area contributed by atoms with Crippen LogP contribution in [-0.4, -0.2) is 83.6 Å². The van der Waals surface area contributed by atoms with Gasteiger partial charge in [0, 0.05) is 57.7 Å². The lowest BCUT2D eigenvalue weighted by atomic mass is 10.3. The number of aromatic nitrogens is 4. The number of carbonyl (C=O) groups excluding carboxylic acids is 2. The first kappa shape index (κ1) is 20.6. The number of rotatable bonds is 4. The molecule has 0 bridgehead atoms. The molecule has 12 heteroatoms. The van der Waals surface area contributed by atoms with Crippen molar-refractivity contribution in [2.75, 3.05) is 67.2 Å². The van der Waals surface area contributed by atoms with Crippen LogP contribution in [0, 0.1) is 0 Å². The summed E-state index contributed by atoms with van der Waals surface area (Å²) in [4.78, 5) is 48.5. The van der Waals surface area contributed by atoms with E-state index in [0.717, 1.165) is 49.7 Å². The fourth-order valence-corrected chi connectivity index (χ4v) is 4.39. The molecule has 32 heavy (non-hydrogen) atoms. The molecule has 0 unspecified atom stereocenters. The van der Waals surface area contributed by atoms with Crippen LogP contribution >= 0.6 is 11.8 Å². The topological polar surface area (TPSA) is 117 Å². The van der Waals surface area contributed by atoms with E-state index in [1.165, 1.54) is 0 Å². The van der Waals surface area contributed by atoms with Crippen molar-refractivity contribution in [1.29, 1.82) is 0 Å². The number of imide groups is 1. The zero-order valence-electron chi connectivity index (χ0n) is 17.3. The highest BCUT2D eigenvalue weighted by Crippen LogP contribution is 2.27. The molecule has 0 atom stereocenters. The van der Waals surface area contributed by atoms with Crippen molar-refractivity contribution in [3.63, 3.8) is 0 Å². The Bertz CT molecular complexity index is 1040. The Balaban J connectivity index is 1.40. The second kappa shape index (κ2) is 9.09. The number of thioether (sulfide) groups is 1. The summed E-state index contributed by atoms with van der Waals surface area (Å²) < 4.78 is 5.47. The summed E-state index contributed by atoms with van der Waals surface area (Å²) in [5, 5.41) is 1.91. The highest BCUT2D eigenvalue weighted by Gasteiger charge is 2.27. The second-order valence-electron chi connectivity index (χ2n) is 7.43. The number of hydrogen-bond donors (Lipinski definition) is 1. The summed E-state index contributed by atoms with van der Waals surface area (Å²) in [6.45, 7) is 5.68. The maximum absolute atomic E-state index is 12.0. The normalized spacial score (nSPS) is 20.8. The summed E-state index contributed by atoms with van der Waals surface area (Å²) in [5.74, 6) is 1.71. The summed E-state index contributed by atoms with van der Waals surface area (Å²) >= 11 is 0.883. The van der Waals surface area contributed by atoms with Crippen molar-refractivity contribution < 1.29 is 14.3 Å². The molecule has 3 aliphatic rings. The third kappa shape index (κ3) is 4.50. The number of carbonyl (C=O) groups is 2. The maximum Gasteiger partial charge on any atom is 0.290 e. The van der Waals surface area contributed by atoms with Gasteiger partial charge in [-0.25, -0.2) is 15.0 Å². The van der Waals surface area contributed by atoms with Crippen LogP contribution in [0.25, 0.3) is 6.08 Å². The van der Waals surface area contributed by atoms with Crippen LogP contribution < -0.4 is 20.0 Å². The van der Waals surface area contributed by atoms with Crippen LogP contribution in [0.15, 0.2) is 29.4 Å². The van der Waals surface area contributed by atoms with E-state index in [-0.39, 0.29) is 5.24 Å². The summed E-state index contributed by atoms with van der Waals surface area (Å²) in [7, 11) is 0. The molecule has 5 heterocycles. The molecule has 0 radical (unpaired) electrons. The van der Waals surface area contributed by atoms with Gasteiger partial charge in [0.2, 0.25) is 11.9 Å². The zero-order valence-corrected chi connectivity index (χ0v) is 18.1. The first-order valence-electron chi connectivity index (χ1n) is 10.4. The molecule has 1 N–H and O–H groups in total. The minimum absolute atomic E-state index is 0.332. The van der Waals surface area contributed by atoms with Gasteiger partial charge in [-0.1, -0.05) is 0 Å². The fourth-order valence-electron chi connectivity index (χ4n) is 3.73. The number of amides is 2. The largest absolute Gasteiger partial charge is 0.378 e. The first-order valence-corrected chi connectivity index (χ1v) is 11.2. The van der Waals surface area contributed by atoms with Gasteiger partial charge in [0.25, 0.3) is 11.1 Å². The molecule has 2 aromatic heterocycles. The van der Waals surface area contributed by atoms with Crippen LogP contribution in [0.3, 0.4) is 0 Å². The Labute approximate surface area is 188 Å². The number of anilines is 3. The first-order chi connectivity index (χ1) is 15.7. The van der Waals surface area contributed by atoms with Gasteiger partial charge >= 0.3 is 0 Å². The summed E-state index contributed by atoms with van der Waals surface area (Å²) in [6.07, 6.45) is 5.13. The molecule has 5 rings (SSSR count). The smallest absolute Gasteiger partial charge is 0.290 e. The molecule has 3 aliphatic heterocycles. The maximum atomic E-state index is 12.0. The molecular weight excluding hydrogens is 432 g/mol. The number of hydrogen-bond acceptors (Lipinski definition) is 11. The van der Waals surface area contributed by atoms with Gasteiger partial charge < -0.3 is 19.4 Å². The highest BCUT2D eigenvalue weighted by atomic mass is 32.2. The molecule has 11 nitrogen and oxygen atoms in total. The van der Waals surface area contributed by atoms with Gasteiger partial charge in [0.05, 0.1) is 23.8 Å². The van der Waals surface area contributed by atoms with Crippen molar-refractivity contribution in [2.45, 2.75) is 0 Å². The molecule has 2 aromatic rings. The monoisotopic (exact) mass is 454 g/mol. The molecule has 0 spiro atoms. The van der Waals surface area contributed by atoms with Crippen LogP contribution in [0.4, 0.5) is 22.5 Å². The van der Waals surface area contributed by atoms with E-state index in [0.29, 0.717) is 42.9 Å². The van der Waals surface area contributed by atoms with E-state index >= 15 is 0 Å². The molecule has 0 saturated carbocycles.